The zero-order valence-electron chi connectivity index (χ0n) is 10.8. The van der Waals surface area contributed by atoms with E-state index in [9.17, 15) is 16.8 Å². The Morgan fingerprint density at radius 2 is 1.86 bits per heavy atom. The Balaban J connectivity index is 2.24. The first-order chi connectivity index (χ1) is 9.63. The predicted molar refractivity (Wildman–Crippen MR) is 82.9 cm³/mol. The van der Waals surface area contributed by atoms with Crippen molar-refractivity contribution in [3.8, 4) is 0 Å². The minimum Gasteiger partial charge on any atom is -0.399 e. The van der Waals surface area contributed by atoms with Crippen LogP contribution in [0.2, 0.25) is 10.0 Å². The molecule has 0 spiro atoms. The molecule has 1 heterocycles. The number of nitrogens with one attached hydrogen (secondary N) is 1. The van der Waals surface area contributed by atoms with Crippen LogP contribution in [0.1, 0.15) is 12.8 Å². The smallest absolute Gasteiger partial charge is 0.243 e. The molecule has 1 unspecified atom stereocenters. The molecule has 1 aliphatic rings. The highest BCUT2D eigenvalue weighted by Crippen LogP contribution is 2.32. The van der Waals surface area contributed by atoms with Crippen LogP contribution in [0.25, 0.3) is 0 Å². The van der Waals surface area contributed by atoms with E-state index in [4.69, 9.17) is 28.9 Å². The van der Waals surface area contributed by atoms with E-state index in [-0.39, 0.29) is 32.9 Å². The molecule has 1 aromatic rings. The minimum absolute atomic E-state index is 0.0861. The molecule has 1 fully saturated rings. The first-order valence-electron chi connectivity index (χ1n) is 6.09. The number of hydrogen-bond acceptors (Lipinski definition) is 5. The lowest BCUT2D eigenvalue weighted by Gasteiger charge is -2.13. The van der Waals surface area contributed by atoms with Gasteiger partial charge < -0.3 is 5.73 Å². The molecule has 0 aromatic heterocycles. The maximum Gasteiger partial charge on any atom is 0.243 e. The standard InChI is InChI=1S/C11H14Cl2N2O4S2/c12-9-4-7(14)5-10(13)11(9)21(18,19)15-6-8-2-1-3-20(8,16)17/h4-5,8,15H,1-3,6,14H2. The maximum absolute atomic E-state index is 12.2. The van der Waals surface area contributed by atoms with Crippen molar-refractivity contribution in [1.29, 1.82) is 0 Å². The number of rotatable bonds is 4. The van der Waals surface area contributed by atoms with Crippen LogP contribution in [0.5, 0.6) is 0 Å². The molecule has 0 radical (unpaired) electrons. The number of nitrogens with two attached hydrogens (primary N) is 1. The van der Waals surface area contributed by atoms with Gasteiger partial charge in [-0.3, -0.25) is 0 Å². The van der Waals surface area contributed by atoms with Gasteiger partial charge in [0.1, 0.15) is 4.90 Å². The third-order valence-electron chi connectivity index (χ3n) is 3.25. The Morgan fingerprint density at radius 3 is 2.33 bits per heavy atom. The van der Waals surface area contributed by atoms with Gasteiger partial charge in [0.25, 0.3) is 0 Å². The summed E-state index contributed by atoms with van der Waals surface area (Å²) in [5.74, 6) is 0.0861. The van der Waals surface area contributed by atoms with E-state index >= 15 is 0 Å². The van der Waals surface area contributed by atoms with Gasteiger partial charge in [-0.25, -0.2) is 21.6 Å². The Bertz CT molecular complexity index is 739. The summed E-state index contributed by atoms with van der Waals surface area (Å²) in [5.41, 5.74) is 5.76. The lowest BCUT2D eigenvalue weighted by molar-refractivity contribution is 0.571. The van der Waals surface area contributed by atoms with E-state index in [1.807, 2.05) is 0 Å². The Morgan fingerprint density at radius 1 is 1.29 bits per heavy atom. The van der Waals surface area contributed by atoms with Gasteiger partial charge in [0.05, 0.1) is 21.0 Å². The predicted octanol–water partition coefficient (Wildman–Crippen LogP) is 1.43. The summed E-state index contributed by atoms with van der Waals surface area (Å²) in [6.07, 6.45) is 0.978. The average Bonchev–Trinajstić information content (AvgIpc) is 2.64. The molecule has 1 aliphatic heterocycles. The van der Waals surface area contributed by atoms with E-state index in [1.165, 1.54) is 12.1 Å². The molecule has 21 heavy (non-hydrogen) atoms. The second-order valence-electron chi connectivity index (χ2n) is 4.80. The van der Waals surface area contributed by atoms with Crippen molar-refractivity contribution in [2.75, 3.05) is 18.0 Å². The number of anilines is 1. The minimum atomic E-state index is -4.01. The molecule has 10 heteroatoms. The van der Waals surface area contributed by atoms with Crippen LogP contribution < -0.4 is 10.5 Å². The first kappa shape index (κ1) is 16.8. The molecule has 3 N–H and O–H groups in total. The summed E-state index contributed by atoms with van der Waals surface area (Å²) in [7, 11) is -7.24. The fraction of sp³-hybridized carbons (Fsp3) is 0.455. The third-order valence-corrected chi connectivity index (χ3v) is 7.87. The number of halogens is 2. The summed E-state index contributed by atoms with van der Waals surface area (Å²) in [4.78, 5) is -0.296. The van der Waals surface area contributed by atoms with Crippen molar-refractivity contribution in [3.63, 3.8) is 0 Å². The van der Waals surface area contributed by atoms with E-state index in [0.29, 0.717) is 12.8 Å². The number of sulfone groups is 1. The summed E-state index contributed by atoms with van der Waals surface area (Å²) in [6, 6.07) is 2.54. The second-order valence-corrected chi connectivity index (χ2v) is 9.72. The molecule has 1 aromatic carbocycles. The monoisotopic (exact) mass is 372 g/mol. The Hall–Kier alpha value is -0.540. The average molecular weight is 373 g/mol. The van der Waals surface area contributed by atoms with Crippen molar-refractivity contribution in [2.45, 2.75) is 23.0 Å². The fourth-order valence-electron chi connectivity index (χ4n) is 2.20. The van der Waals surface area contributed by atoms with Crippen molar-refractivity contribution >= 4 is 48.7 Å². The summed E-state index contributed by atoms with van der Waals surface area (Å²) >= 11 is 11.7. The van der Waals surface area contributed by atoms with Crippen molar-refractivity contribution in [3.05, 3.63) is 22.2 Å². The highest BCUT2D eigenvalue weighted by Gasteiger charge is 2.33. The molecule has 1 saturated heterocycles. The van der Waals surface area contributed by atoms with E-state index in [0.717, 1.165) is 0 Å². The van der Waals surface area contributed by atoms with Crippen molar-refractivity contribution < 1.29 is 16.8 Å². The van der Waals surface area contributed by atoms with Gasteiger partial charge in [-0.2, -0.15) is 0 Å². The van der Waals surface area contributed by atoms with Crippen LogP contribution in [-0.2, 0) is 19.9 Å². The van der Waals surface area contributed by atoms with E-state index < -0.39 is 25.1 Å². The zero-order valence-corrected chi connectivity index (χ0v) is 14.0. The molecular formula is C11H14Cl2N2O4S2. The van der Waals surface area contributed by atoms with Gasteiger partial charge in [-0.1, -0.05) is 23.2 Å². The van der Waals surface area contributed by atoms with Crippen LogP contribution in [0, 0.1) is 0 Å². The molecule has 118 valence electrons. The highest BCUT2D eigenvalue weighted by molar-refractivity contribution is 7.92. The Kier molecular flexibility index (Phi) is 4.75. The van der Waals surface area contributed by atoms with Crippen LogP contribution in [0.15, 0.2) is 17.0 Å². The fourth-order valence-corrected chi connectivity index (χ4v) is 6.38. The quantitative estimate of drug-likeness (QED) is 0.777. The van der Waals surface area contributed by atoms with Crippen LogP contribution >= 0.6 is 23.2 Å². The summed E-state index contributed by atoms with van der Waals surface area (Å²) in [5, 5.41) is -0.929. The largest absolute Gasteiger partial charge is 0.399 e. The van der Waals surface area contributed by atoms with Crippen LogP contribution in [-0.4, -0.2) is 34.4 Å². The first-order valence-corrected chi connectivity index (χ1v) is 10.0. The molecule has 0 bridgehead atoms. The second kappa shape index (κ2) is 5.92. The van der Waals surface area contributed by atoms with Gasteiger partial charge in [0.15, 0.2) is 9.84 Å². The highest BCUT2D eigenvalue weighted by atomic mass is 35.5. The normalized spacial score (nSPS) is 21.5. The topological polar surface area (TPSA) is 106 Å². The number of sulfonamides is 1. The molecule has 0 saturated carbocycles. The van der Waals surface area contributed by atoms with Gasteiger partial charge in [-0.05, 0) is 25.0 Å². The number of hydrogen-bond donors (Lipinski definition) is 2. The lowest BCUT2D eigenvalue weighted by atomic mass is 10.2. The Labute approximate surface area is 133 Å². The van der Waals surface area contributed by atoms with Gasteiger partial charge >= 0.3 is 0 Å². The molecule has 6 nitrogen and oxygen atoms in total. The molecular weight excluding hydrogens is 359 g/mol. The van der Waals surface area contributed by atoms with Gasteiger partial charge in [0, 0.05) is 12.2 Å². The van der Waals surface area contributed by atoms with Crippen molar-refractivity contribution in [1.82, 2.24) is 4.72 Å². The van der Waals surface area contributed by atoms with Gasteiger partial charge in [0.2, 0.25) is 10.0 Å². The molecule has 0 amide bonds. The lowest BCUT2D eigenvalue weighted by Crippen LogP contribution is -2.34. The summed E-state index contributed by atoms with van der Waals surface area (Å²) < 4.78 is 50.1. The molecule has 0 aliphatic carbocycles. The third kappa shape index (κ3) is 3.62. The molecule has 1 atom stereocenters. The van der Waals surface area contributed by atoms with Crippen molar-refractivity contribution in [2.24, 2.45) is 0 Å². The SMILES string of the molecule is Nc1cc(Cl)c(S(=O)(=O)NCC2CCCS2(=O)=O)c(Cl)c1. The maximum atomic E-state index is 12.2. The number of benzene rings is 1. The van der Waals surface area contributed by atoms with Crippen LogP contribution in [0.3, 0.4) is 0 Å². The van der Waals surface area contributed by atoms with Gasteiger partial charge in [-0.15, -0.1) is 0 Å². The molecule has 2 rings (SSSR count). The van der Waals surface area contributed by atoms with E-state index in [1.54, 1.807) is 0 Å². The number of nitrogen functional groups attached to an aromatic ring is 1. The zero-order chi connectivity index (χ0) is 15.8. The van der Waals surface area contributed by atoms with Crippen LogP contribution in [0.4, 0.5) is 5.69 Å². The van der Waals surface area contributed by atoms with E-state index in [2.05, 4.69) is 4.72 Å². The summed E-state index contributed by atoms with van der Waals surface area (Å²) in [6.45, 7) is -0.193.